The van der Waals surface area contributed by atoms with Gasteiger partial charge in [0, 0.05) is 38.8 Å². The summed E-state index contributed by atoms with van der Waals surface area (Å²) in [6.45, 7) is 2.06. The number of benzene rings is 1. The third-order valence-electron chi connectivity index (χ3n) is 3.71. The van der Waals surface area contributed by atoms with Crippen molar-refractivity contribution in [1.82, 2.24) is 15.1 Å². The molecule has 0 spiro atoms. The van der Waals surface area contributed by atoms with Crippen LogP contribution in [-0.4, -0.2) is 61.4 Å². The third-order valence-corrected chi connectivity index (χ3v) is 3.71. The minimum Gasteiger partial charge on any atom is -0.339 e. The number of hydrogen-bond acceptors (Lipinski definition) is 3. The van der Waals surface area contributed by atoms with Crippen LogP contribution < -0.4 is 5.32 Å². The van der Waals surface area contributed by atoms with E-state index in [1.165, 1.54) is 7.05 Å². The van der Waals surface area contributed by atoms with E-state index in [1.54, 1.807) is 4.90 Å². The molecule has 24 heavy (non-hydrogen) atoms. The number of halogens is 4. The smallest absolute Gasteiger partial charge is 0.339 e. The molecule has 1 aromatic carbocycles. The highest BCUT2D eigenvalue weighted by atomic mass is 19.4. The van der Waals surface area contributed by atoms with Crippen molar-refractivity contribution >= 4 is 11.8 Å². The predicted octanol–water partition coefficient (Wildman–Crippen LogP) is 1.35. The van der Waals surface area contributed by atoms with E-state index in [2.05, 4.69) is 5.32 Å². The van der Waals surface area contributed by atoms with E-state index in [1.807, 2.05) is 0 Å². The predicted molar refractivity (Wildman–Crippen MR) is 77.8 cm³/mol. The monoisotopic (exact) mass is 347 g/mol. The van der Waals surface area contributed by atoms with Crippen LogP contribution in [0.2, 0.25) is 0 Å². The third kappa shape index (κ3) is 4.22. The second-order valence-corrected chi connectivity index (χ2v) is 5.48. The van der Waals surface area contributed by atoms with Gasteiger partial charge in [-0.2, -0.15) is 13.2 Å². The van der Waals surface area contributed by atoms with Gasteiger partial charge in [0.25, 0.3) is 5.91 Å². The maximum atomic E-state index is 13.3. The van der Waals surface area contributed by atoms with E-state index in [-0.39, 0.29) is 18.0 Å². The molecule has 1 saturated heterocycles. The Morgan fingerprint density at radius 1 is 1.25 bits per heavy atom. The van der Waals surface area contributed by atoms with E-state index in [9.17, 15) is 27.2 Å². The Morgan fingerprint density at radius 2 is 1.88 bits per heavy atom. The standard InChI is InChI=1S/C15H17F4N3O2/c1-21(9-13(23)22-6-4-20-5-7-22)14(24)10-2-3-12(16)11(8-10)15(17,18)19/h2-3,8,20H,4-7,9H2,1H3. The van der Waals surface area contributed by atoms with Gasteiger partial charge in [-0.3, -0.25) is 9.59 Å². The summed E-state index contributed by atoms with van der Waals surface area (Å²) < 4.78 is 51.4. The molecule has 0 atom stereocenters. The lowest BCUT2D eigenvalue weighted by atomic mass is 10.1. The van der Waals surface area contributed by atoms with Crippen molar-refractivity contribution in [2.45, 2.75) is 6.18 Å². The Kier molecular flexibility index (Phi) is 5.43. The summed E-state index contributed by atoms with van der Waals surface area (Å²) in [5.41, 5.74) is -1.82. The van der Waals surface area contributed by atoms with Crippen LogP contribution in [0.25, 0.3) is 0 Å². The Labute approximate surface area is 136 Å². The van der Waals surface area contributed by atoms with Crippen LogP contribution in [0, 0.1) is 5.82 Å². The lowest BCUT2D eigenvalue weighted by Crippen LogP contribution is -2.49. The van der Waals surface area contributed by atoms with Crippen LogP contribution in [0.1, 0.15) is 15.9 Å². The van der Waals surface area contributed by atoms with Crippen LogP contribution in [0.5, 0.6) is 0 Å². The summed E-state index contributed by atoms with van der Waals surface area (Å²) in [5, 5.41) is 3.08. The molecule has 0 aromatic heterocycles. The summed E-state index contributed by atoms with van der Waals surface area (Å²) in [7, 11) is 1.32. The molecular formula is C15H17F4N3O2. The van der Waals surface area contributed by atoms with E-state index in [4.69, 9.17) is 0 Å². The van der Waals surface area contributed by atoms with Gasteiger partial charge < -0.3 is 15.1 Å². The second kappa shape index (κ2) is 7.16. The lowest BCUT2D eigenvalue weighted by Gasteiger charge is -2.29. The minimum absolute atomic E-state index is 0.252. The maximum Gasteiger partial charge on any atom is 0.419 e. The van der Waals surface area contributed by atoms with Crippen molar-refractivity contribution in [3.05, 3.63) is 35.1 Å². The molecule has 0 saturated carbocycles. The summed E-state index contributed by atoms with van der Waals surface area (Å²) >= 11 is 0. The molecule has 0 unspecified atom stereocenters. The van der Waals surface area contributed by atoms with E-state index in [0.29, 0.717) is 38.3 Å². The number of piperazine rings is 1. The first-order chi connectivity index (χ1) is 11.2. The van der Waals surface area contributed by atoms with Gasteiger partial charge in [-0.05, 0) is 18.2 Å². The summed E-state index contributed by atoms with van der Waals surface area (Å²) in [6, 6.07) is 2.03. The fourth-order valence-electron chi connectivity index (χ4n) is 2.38. The number of hydrogen-bond donors (Lipinski definition) is 1. The zero-order chi connectivity index (χ0) is 17.9. The lowest BCUT2D eigenvalue weighted by molar-refractivity contribution is -0.140. The first kappa shape index (κ1) is 18.2. The Balaban J connectivity index is 2.09. The quantitative estimate of drug-likeness (QED) is 0.840. The van der Waals surface area contributed by atoms with Crippen LogP contribution in [0.15, 0.2) is 18.2 Å². The molecule has 1 aromatic rings. The van der Waals surface area contributed by atoms with Crippen LogP contribution in [0.4, 0.5) is 17.6 Å². The highest BCUT2D eigenvalue weighted by Gasteiger charge is 2.35. The molecular weight excluding hydrogens is 330 g/mol. The Morgan fingerprint density at radius 3 is 2.46 bits per heavy atom. The van der Waals surface area contributed by atoms with Crippen LogP contribution in [-0.2, 0) is 11.0 Å². The average Bonchev–Trinajstić information content (AvgIpc) is 2.54. The van der Waals surface area contributed by atoms with Crippen LogP contribution in [0.3, 0.4) is 0 Å². The maximum absolute atomic E-state index is 13.3. The topological polar surface area (TPSA) is 52.7 Å². The zero-order valence-electron chi connectivity index (χ0n) is 13.0. The fourth-order valence-corrected chi connectivity index (χ4v) is 2.38. The van der Waals surface area contributed by atoms with Gasteiger partial charge in [0.1, 0.15) is 5.82 Å². The molecule has 1 aliphatic rings. The van der Waals surface area contributed by atoms with Gasteiger partial charge in [0.15, 0.2) is 0 Å². The molecule has 1 fully saturated rings. The largest absolute Gasteiger partial charge is 0.419 e. The molecule has 1 N–H and O–H groups in total. The second-order valence-electron chi connectivity index (χ2n) is 5.48. The summed E-state index contributed by atoms with van der Waals surface area (Å²) in [4.78, 5) is 26.9. The zero-order valence-corrected chi connectivity index (χ0v) is 13.0. The number of carbonyl (C=O) groups is 2. The minimum atomic E-state index is -4.89. The molecule has 2 amide bonds. The van der Waals surface area contributed by atoms with Gasteiger partial charge in [-0.15, -0.1) is 0 Å². The van der Waals surface area contributed by atoms with Crippen LogP contribution >= 0.6 is 0 Å². The average molecular weight is 347 g/mol. The molecule has 2 rings (SSSR count). The number of amides is 2. The van der Waals surface area contributed by atoms with Crippen molar-refractivity contribution in [2.75, 3.05) is 39.8 Å². The van der Waals surface area contributed by atoms with Gasteiger partial charge in [0.05, 0.1) is 12.1 Å². The van der Waals surface area contributed by atoms with Crippen molar-refractivity contribution in [1.29, 1.82) is 0 Å². The number of alkyl halides is 3. The van der Waals surface area contributed by atoms with E-state index < -0.39 is 23.5 Å². The molecule has 1 heterocycles. The number of nitrogens with one attached hydrogen (secondary N) is 1. The van der Waals surface area contributed by atoms with Gasteiger partial charge in [-0.1, -0.05) is 0 Å². The van der Waals surface area contributed by atoms with Crippen molar-refractivity contribution in [3.63, 3.8) is 0 Å². The molecule has 1 aliphatic heterocycles. The fraction of sp³-hybridized carbons (Fsp3) is 0.467. The SMILES string of the molecule is CN(CC(=O)N1CCNCC1)C(=O)c1ccc(F)c(C(F)(F)F)c1. The first-order valence-electron chi connectivity index (χ1n) is 7.31. The number of carbonyl (C=O) groups excluding carboxylic acids is 2. The number of rotatable bonds is 3. The Hall–Kier alpha value is -2.16. The molecule has 5 nitrogen and oxygen atoms in total. The highest BCUT2D eigenvalue weighted by molar-refractivity contribution is 5.96. The molecule has 0 radical (unpaired) electrons. The molecule has 9 heteroatoms. The normalized spacial score (nSPS) is 15.3. The van der Waals surface area contributed by atoms with E-state index >= 15 is 0 Å². The van der Waals surface area contributed by atoms with E-state index in [0.717, 1.165) is 11.0 Å². The first-order valence-corrected chi connectivity index (χ1v) is 7.31. The number of nitrogens with zero attached hydrogens (tertiary/aromatic N) is 2. The van der Waals surface area contributed by atoms with Gasteiger partial charge in [0.2, 0.25) is 5.91 Å². The Bertz CT molecular complexity index is 628. The highest BCUT2D eigenvalue weighted by Crippen LogP contribution is 2.32. The molecule has 0 bridgehead atoms. The molecule has 0 aliphatic carbocycles. The van der Waals surface area contributed by atoms with Gasteiger partial charge >= 0.3 is 6.18 Å². The molecule has 132 valence electrons. The summed E-state index contributed by atoms with van der Waals surface area (Å²) in [6.07, 6.45) is -4.89. The van der Waals surface area contributed by atoms with Gasteiger partial charge in [-0.25, -0.2) is 4.39 Å². The summed E-state index contributed by atoms with van der Waals surface area (Å²) in [5.74, 6) is -2.51. The van der Waals surface area contributed by atoms with Crippen molar-refractivity contribution in [2.24, 2.45) is 0 Å². The van der Waals surface area contributed by atoms with Crippen molar-refractivity contribution < 1.29 is 27.2 Å². The van der Waals surface area contributed by atoms with Crippen molar-refractivity contribution in [3.8, 4) is 0 Å². The number of likely N-dealkylation sites (N-methyl/N-ethyl adjacent to an activating group) is 1.